The molecule has 0 aliphatic carbocycles. The Balaban J connectivity index is 3.70. The van der Waals surface area contributed by atoms with E-state index in [9.17, 15) is 9.59 Å². The zero-order valence-corrected chi connectivity index (χ0v) is 9.52. The Bertz CT molecular complexity index is 221. The quantitative estimate of drug-likeness (QED) is 0.673. The van der Waals surface area contributed by atoms with Gasteiger partial charge in [0.25, 0.3) is 0 Å². The van der Waals surface area contributed by atoms with E-state index in [1.54, 1.807) is 14.1 Å². The number of amides is 2. The molecule has 2 N–H and O–H groups in total. The van der Waals surface area contributed by atoms with Gasteiger partial charge in [-0.1, -0.05) is 0 Å². The van der Waals surface area contributed by atoms with Gasteiger partial charge in [-0.25, -0.2) is 4.79 Å². The van der Waals surface area contributed by atoms with Crippen LogP contribution in [0.3, 0.4) is 0 Å². The van der Waals surface area contributed by atoms with E-state index in [4.69, 9.17) is 10.5 Å². The van der Waals surface area contributed by atoms with Crippen molar-refractivity contribution in [2.24, 2.45) is 5.73 Å². The SMILES string of the molecule is CCN(C)C(=O)OCCN(C)C(=O)CN. The second kappa shape index (κ2) is 7.05. The number of nitrogens with zero attached hydrogens (tertiary/aromatic N) is 2. The summed E-state index contributed by atoms with van der Waals surface area (Å²) in [5, 5.41) is 0. The van der Waals surface area contributed by atoms with Crippen molar-refractivity contribution in [1.82, 2.24) is 9.80 Å². The van der Waals surface area contributed by atoms with Gasteiger partial charge in [0, 0.05) is 20.6 Å². The van der Waals surface area contributed by atoms with Gasteiger partial charge < -0.3 is 20.3 Å². The lowest BCUT2D eigenvalue weighted by Gasteiger charge is -2.18. The van der Waals surface area contributed by atoms with Crippen LogP contribution in [0.2, 0.25) is 0 Å². The molecule has 0 unspecified atom stereocenters. The van der Waals surface area contributed by atoms with Crippen LogP contribution in [0.1, 0.15) is 6.92 Å². The predicted octanol–water partition coefficient (Wildman–Crippen LogP) is -0.508. The van der Waals surface area contributed by atoms with Gasteiger partial charge in [-0.3, -0.25) is 4.79 Å². The topological polar surface area (TPSA) is 75.9 Å². The summed E-state index contributed by atoms with van der Waals surface area (Å²) < 4.78 is 4.91. The summed E-state index contributed by atoms with van der Waals surface area (Å²) in [4.78, 5) is 25.1. The molecule has 0 aromatic heterocycles. The van der Waals surface area contributed by atoms with E-state index in [0.29, 0.717) is 13.1 Å². The molecule has 15 heavy (non-hydrogen) atoms. The third kappa shape index (κ3) is 5.21. The number of nitrogens with two attached hydrogens (primary N) is 1. The van der Waals surface area contributed by atoms with Gasteiger partial charge in [0.1, 0.15) is 6.61 Å². The van der Waals surface area contributed by atoms with E-state index in [0.717, 1.165) is 0 Å². The highest BCUT2D eigenvalue weighted by Crippen LogP contribution is 1.90. The zero-order valence-electron chi connectivity index (χ0n) is 9.52. The van der Waals surface area contributed by atoms with Crippen molar-refractivity contribution in [3.05, 3.63) is 0 Å². The number of hydrogen-bond donors (Lipinski definition) is 1. The highest BCUT2D eigenvalue weighted by molar-refractivity contribution is 5.77. The number of carbonyl (C=O) groups excluding carboxylic acids is 2. The van der Waals surface area contributed by atoms with Gasteiger partial charge in [0.2, 0.25) is 5.91 Å². The first kappa shape index (κ1) is 13.7. The van der Waals surface area contributed by atoms with Gasteiger partial charge in [-0.2, -0.15) is 0 Å². The van der Waals surface area contributed by atoms with E-state index in [1.807, 2.05) is 6.92 Å². The van der Waals surface area contributed by atoms with Crippen molar-refractivity contribution in [2.75, 3.05) is 40.3 Å². The Morgan fingerprint density at radius 1 is 1.27 bits per heavy atom. The summed E-state index contributed by atoms with van der Waals surface area (Å²) in [6, 6.07) is 0. The Kier molecular flexibility index (Phi) is 6.44. The lowest BCUT2D eigenvalue weighted by atomic mass is 10.5. The third-order valence-electron chi connectivity index (χ3n) is 2.04. The third-order valence-corrected chi connectivity index (χ3v) is 2.04. The molecule has 0 aliphatic heterocycles. The first-order valence-electron chi connectivity index (χ1n) is 4.84. The fraction of sp³-hybridized carbons (Fsp3) is 0.778. The highest BCUT2D eigenvalue weighted by atomic mass is 16.6. The predicted molar refractivity (Wildman–Crippen MR) is 56.3 cm³/mol. The molecule has 0 atom stereocenters. The zero-order chi connectivity index (χ0) is 11.8. The lowest BCUT2D eigenvalue weighted by molar-refractivity contribution is -0.128. The number of ether oxygens (including phenoxy) is 1. The van der Waals surface area contributed by atoms with E-state index in [-0.39, 0.29) is 25.2 Å². The first-order valence-corrected chi connectivity index (χ1v) is 4.84. The maximum absolute atomic E-state index is 11.2. The Morgan fingerprint density at radius 3 is 2.33 bits per heavy atom. The van der Waals surface area contributed by atoms with E-state index in [2.05, 4.69) is 0 Å². The van der Waals surface area contributed by atoms with Crippen LogP contribution in [0.5, 0.6) is 0 Å². The maximum atomic E-state index is 11.2. The largest absolute Gasteiger partial charge is 0.448 e. The Hall–Kier alpha value is -1.30. The standard InChI is InChI=1S/C9H19N3O3/c1-4-11(2)9(14)15-6-5-12(3)8(13)7-10/h4-7,10H2,1-3H3. The molecule has 0 bridgehead atoms. The summed E-state index contributed by atoms with van der Waals surface area (Å²) in [7, 11) is 3.27. The minimum atomic E-state index is -0.383. The first-order chi connectivity index (χ1) is 7.02. The molecular formula is C9H19N3O3. The second-order valence-electron chi connectivity index (χ2n) is 3.15. The van der Waals surface area contributed by atoms with Crippen molar-refractivity contribution in [3.8, 4) is 0 Å². The molecule has 0 saturated heterocycles. The number of rotatable bonds is 5. The van der Waals surface area contributed by atoms with Crippen LogP contribution in [-0.2, 0) is 9.53 Å². The summed E-state index contributed by atoms with van der Waals surface area (Å²) in [5.74, 6) is -0.171. The molecule has 88 valence electrons. The van der Waals surface area contributed by atoms with E-state index in [1.165, 1.54) is 9.80 Å². The lowest BCUT2D eigenvalue weighted by Crippen LogP contribution is -2.36. The van der Waals surface area contributed by atoms with Crippen LogP contribution in [0, 0.1) is 0 Å². The Labute approximate surface area is 90.0 Å². The molecule has 2 amide bonds. The summed E-state index contributed by atoms with van der Waals surface area (Å²) in [6.07, 6.45) is -0.383. The molecule has 0 spiro atoms. The number of likely N-dealkylation sites (N-methyl/N-ethyl adjacent to an activating group) is 1. The van der Waals surface area contributed by atoms with Crippen LogP contribution in [0.4, 0.5) is 4.79 Å². The van der Waals surface area contributed by atoms with Crippen molar-refractivity contribution >= 4 is 12.0 Å². The van der Waals surface area contributed by atoms with Gasteiger partial charge in [0.05, 0.1) is 13.1 Å². The fourth-order valence-corrected chi connectivity index (χ4v) is 0.790. The summed E-state index contributed by atoms with van der Waals surface area (Å²) >= 11 is 0. The minimum absolute atomic E-state index is 0.0285. The van der Waals surface area contributed by atoms with E-state index >= 15 is 0 Å². The molecule has 6 nitrogen and oxygen atoms in total. The van der Waals surface area contributed by atoms with Crippen LogP contribution >= 0.6 is 0 Å². The molecule has 0 radical (unpaired) electrons. The average molecular weight is 217 g/mol. The molecule has 0 rings (SSSR count). The monoisotopic (exact) mass is 217 g/mol. The van der Waals surface area contributed by atoms with Crippen molar-refractivity contribution in [3.63, 3.8) is 0 Å². The van der Waals surface area contributed by atoms with Crippen molar-refractivity contribution in [1.29, 1.82) is 0 Å². The maximum Gasteiger partial charge on any atom is 0.409 e. The van der Waals surface area contributed by atoms with Crippen molar-refractivity contribution < 1.29 is 14.3 Å². The normalized spacial score (nSPS) is 9.60. The number of hydrogen-bond acceptors (Lipinski definition) is 4. The van der Waals surface area contributed by atoms with Crippen LogP contribution in [0.25, 0.3) is 0 Å². The summed E-state index contributed by atoms with van der Waals surface area (Å²) in [6.45, 7) is 2.96. The molecule has 0 aliphatic rings. The van der Waals surface area contributed by atoms with Crippen LogP contribution in [-0.4, -0.2) is 62.1 Å². The second-order valence-corrected chi connectivity index (χ2v) is 3.15. The number of carbonyl (C=O) groups is 2. The van der Waals surface area contributed by atoms with Crippen LogP contribution < -0.4 is 5.73 Å². The van der Waals surface area contributed by atoms with Gasteiger partial charge in [0.15, 0.2) is 0 Å². The van der Waals surface area contributed by atoms with Gasteiger partial charge in [-0.15, -0.1) is 0 Å². The smallest absolute Gasteiger partial charge is 0.409 e. The average Bonchev–Trinajstić information content (AvgIpc) is 2.26. The van der Waals surface area contributed by atoms with Crippen molar-refractivity contribution in [2.45, 2.75) is 6.92 Å². The molecule has 6 heteroatoms. The molecule has 0 aromatic rings. The minimum Gasteiger partial charge on any atom is -0.448 e. The molecule has 0 fully saturated rings. The fourth-order valence-electron chi connectivity index (χ4n) is 0.790. The van der Waals surface area contributed by atoms with Gasteiger partial charge in [-0.05, 0) is 6.92 Å². The van der Waals surface area contributed by atoms with Crippen LogP contribution in [0.15, 0.2) is 0 Å². The Morgan fingerprint density at radius 2 is 1.87 bits per heavy atom. The van der Waals surface area contributed by atoms with E-state index < -0.39 is 0 Å². The van der Waals surface area contributed by atoms with Gasteiger partial charge >= 0.3 is 6.09 Å². The summed E-state index contributed by atoms with van der Waals surface area (Å²) in [5.41, 5.74) is 5.17. The molecule has 0 aromatic carbocycles. The molecular weight excluding hydrogens is 198 g/mol. The molecule has 0 saturated carbocycles. The highest BCUT2D eigenvalue weighted by Gasteiger charge is 2.09. The molecule has 0 heterocycles.